The molecule has 21 heavy (non-hydrogen) atoms. The number of rotatable bonds is 5. The van der Waals surface area contributed by atoms with E-state index in [0.29, 0.717) is 31.6 Å². The molecule has 2 amide bonds. The molecule has 0 unspecified atom stereocenters. The van der Waals surface area contributed by atoms with Crippen molar-refractivity contribution in [3.8, 4) is 0 Å². The van der Waals surface area contributed by atoms with E-state index in [-0.39, 0.29) is 24.1 Å². The van der Waals surface area contributed by atoms with E-state index >= 15 is 0 Å². The third-order valence-electron chi connectivity index (χ3n) is 3.54. The van der Waals surface area contributed by atoms with Crippen LogP contribution in [0.5, 0.6) is 0 Å². The number of carboxylic acids is 1. The van der Waals surface area contributed by atoms with Crippen molar-refractivity contribution in [1.82, 2.24) is 10.6 Å². The van der Waals surface area contributed by atoms with Crippen LogP contribution in [0.1, 0.15) is 32.6 Å². The molecular formula is C12H19F3N2O3S. The van der Waals surface area contributed by atoms with Crippen molar-refractivity contribution in [2.75, 3.05) is 12.3 Å². The van der Waals surface area contributed by atoms with E-state index in [1.54, 1.807) is 0 Å². The lowest BCUT2D eigenvalue weighted by Crippen LogP contribution is -2.58. The van der Waals surface area contributed by atoms with E-state index in [9.17, 15) is 27.9 Å². The lowest BCUT2D eigenvalue weighted by molar-refractivity contribution is -0.146. The minimum atomic E-state index is -4.33. The van der Waals surface area contributed by atoms with Crippen molar-refractivity contribution in [2.45, 2.75) is 43.7 Å². The molecule has 1 fully saturated rings. The molecule has 1 saturated carbocycles. The number of aliphatic carboxylic acids is 1. The number of carbonyl (C=O) groups excluding carboxylic acids is 1. The van der Waals surface area contributed by atoms with E-state index in [4.69, 9.17) is 0 Å². The topological polar surface area (TPSA) is 78.4 Å². The summed E-state index contributed by atoms with van der Waals surface area (Å²) in [5, 5.41) is 14.0. The second kappa shape index (κ2) is 7.24. The largest absolute Gasteiger partial charge is 0.480 e. The van der Waals surface area contributed by atoms with Gasteiger partial charge in [0.05, 0.1) is 0 Å². The standard InChI is InChI=1S/C12H19F3N2O3S/c1-8-2-4-11(5-3-8,9(18)19)17-10(20)16-6-7-21-12(13,14)15/h8H,2-7H2,1H3,(H,18,19)(H2,16,17,20). The SMILES string of the molecule is CC1CCC(NC(=O)NCCSC(F)(F)F)(C(=O)O)CC1. The fraction of sp³-hybridized carbons (Fsp3) is 0.833. The van der Waals surface area contributed by atoms with E-state index in [0.717, 1.165) is 0 Å². The zero-order chi connectivity index (χ0) is 16.1. The molecule has 5 nitrogen and oxygen atoms in total. The first-order chi connectivity index (χ1) is 9.65. The van der Waals surface area contributed by atoms with Crippen LogP contribution in [0.2, 0.25) is 0 Å². The maximum Gasteiger partial charge on any atom is 0.441 e. The minimum absolute atomic E-state index is 0.178. The molecule has 0 spiro atoms. The van der Waals surface area contributed by atoms with Crippen LogP contribution in [-0.2, 0) is 4.79 Å². The van der Waals surface area contributed by atoms with Gasteiger partial charge in [-0.15, -0.1) is 0 Å². The number of halogens is 3. The number of hydrogen-bond acceptors (Lipinski definition) is 3. The van der Waals surface area contributed by atoms with Gasteiger partial charge in [0, 0.05) is 12.3 Å². The van der Waals surface area contributed by atoms with Crippen LogP contribution in [0, 0.1) is 5.92 Å². The maximum atomic E-state index is 11.9. The number of urea groups is 1. The highest BCUT2D eigenvalue weighted by Gasteiger charge is 2.42. The summed E-state index contributed by atoms with van der Waals surface area (Å²) in [6, 6.07) is -0.741. The molecule has 0 aromatic rings. The minimum Gasteiger partial charge on any atom is -0.480 e. The zero-order valence-corrected chi connectivity index (χ0v) is 12.4. The molecule has 3 N–H and O–H groups in total. The first-order valence-electron chi connectivity index (χ1n) is 6.65. The summed E-state index contributed by atoms with van der Waals surface area (Å²) in [4.78, 5) is 23.0. The van der Waals surface area contributed by atoms with Crippen LogP contribution in [0.4, 0.5) is 18.0 Å². The van der Waals surface area contributed by atoms with Gasteiger partial charge >= 0.3 is 17.5 Å². The van der Waals surface area contributed by atoms with Crippen molar-refractivity contribution in [1.29, 1.82) is 0 Å². The monoisotopic (exact) mass is 328 g/mol. The normalized spacial score (nSPS) is 26.2. The van der Waals surface area contributed by atoms with Gasteiger partial charge < -0.3 is 15.7 Å². The number of amides is 2. The Morgan fingerprint density at radius 1 is 1.33 bits per heavy atom. The number of nitrogens with one attached hydrogen (secondary N) is 2. The first kappa shape index (κ1) is 17.9. The Bertz CT molecular complexity index is 382. The molecular weight excluding hydrogens is 309 g/mol. The second-order valence-electron chi connectivity index (χ2n) is 5.24. The van der Waals surface area contributed by atoms with Crippen LogP contribution >= 0.6 is 11.8 Å². The van der Waals surface area contributed by atoms with Gasteiger partial charge in [0.25, 0.3) is 0 Å². The lowest BCUT2D eigenvalue weighted by Gasteiger charge is -2.36. The van der Waals surface area contributed by atoms with E-state index in [1.165, 1.54) is 0 Å². The third-order valence-corrected chi connectivity index (χ3v) is 4.28. The quantitative estimate of drug-likeness (QED) is 0.678. The van der Waals surface area contributed by atoms with Crippen LogP contribution in [-0.4, -0.2) is 40.5 Å². The summed E-state index contributed by atoms with van der Waals surface area (Å²) in [7, 11) is 0. The van der Waals surface area contributed by atoms with Crippen LogP contribution < -0.4 is 10.6 Å². The number of alkyl halides is 3. The average Bonchev–Trinajstić information content (AvgIpc) is 2.36. The molecule has 0 bridgehead atoms. The van der Waals surface area contributed by atoms with Crippen molar-refractivity contribution >= 4 is 23.8 Å². The Hall–Kier alpha value is -1.12. The Labute approximate surface area is 125 Å². The summed E-state index contributed by atoms with van der Waals surface area (Å²) in [6.45, 7) is 1.84. The fourth-order valence-electron chi connectivity index (χ4n) is 2.24. The van der Waals surface area contributed by atoms with Crippen molar-refractivity contribution < 1.29 is 27.9 Å². The molecule has 0 aromatic carbocycles. The number of hydrogen-bond donors (Lipinski definition) is 3. The van der Waals surface area contributed by atoms with Gasteiger partial charge in [-0.05, 0) is 43.4 Å². The molecule has 122 valence electrons. The van der Waals surface area contributed by atoms with Gasteiger partial charge in [-0.2, -0.15) is 13.2 Å². The van der Waals surface area contributed by atoms with Gasteiger partial charge in [-0.1, -0.05) is 6.92 Å². The summed E-state index contributed by atoms with van der Waals surface area (Å²) in [5.41, 5.74) is -5.65. The Kier molecular flexibility index (Phi) is 6.18. The molecule has 1 aliphatic rings. The molecule has 0 heterocycles. The number of carbonyl (C=O) groups is 2. The number of carboxylic acid groups (broad SMARTS) is 1. The van der Waals surface area contributed by atoms with E-state index in [1.807, 2.05) is 6.92 Å². The molecule has 0 atom stereocenters. The third kappa shape index (κ3) is 6.03. The summed E-state index contributed by atoms with van der Waals surface area (Å²) in [6.07, 6.45) is 2.04. The molecule has 9 heteroatoms. The number of thioether (sulfide) groups is 1. The Morgan fingerprint density at radius 2 is 1.90 bits per heavy atom. The summed E-state index contributed by atoms with van der Waals surface area (Å²) >= 11 is -0.232. The van der Waals surface area contributed by atoms with Gasteiger partial charge in [0.2, 0.25) is 0 Å². The lowest BCUT2D eigenvalue weighted by atomic mass is 9.77. The van der Waals surface area contributed by atoms with Crippen LogP contribution in [0.3, 0.4) is 0 Å². The summed E-state index contributed by atoms with van der Waals surface area (Å²) in [5.74, 6) is -1.01. The molecule has 0 radical (unpaired) electrons. The van der Waals surface area contributed by atoms with E-state index in [2.05, 4.69) is 10.6 Å². The van der Waals surface area contributed by atoms with Gasteiger partial charge in [0.15, 0.2) is 0 Å². The summed E-state index contributed by atoms with van der Waals surface area (Å²) < 4.78 is 35.7. The highest BCUT2D eigenvalue weighted by molar-refractivity contribution is 8.00. The molecule has 0 aliphatic heterocycles. The van der Waals surface area contributed by atoms with Crippen LogP contribution in [0.15, 0.2) is 0 Å². The molecule has 0 aromatic heterocycles. The van der Waals surface area contributed by atoms with Gasteiger partial charge in [0.1, 0.15) is 5.54 Å². The predicted octanol–water partition coefficient (Wildman–Crippen LogP) is 2.57. The molecule has 1 aliphatic carbocycles. The smallest absolute Gasteiger partial charge is 0.441 e. The van der Waals surface area contributed by atoms with E-state index < -0.39 is 23.0 Å². The fourth-order valence-corrected chi connectivity index (χ4v) is 2.68. The van der Waals surface area contributed by atoms with Gasteiger partial charge in [-0.25, -0.2) is 9.59 Å². The Morgan fingerprint density at radius 3 is 2.38 bits per heavy atom. The zero-order valence-electron chi connectivity index (χ0n) is 11.6. The molecule has 0 saturated heterocycles. The highest BCUT2D eigenvalue weighted by atomic mass is 32.2. The van der Waals surface area contributed by atoms with Crippen molar-refractivity contribution in [3.05, 3.63) is 0 Å². The average molecular weight is 328 g/mol. The van der Waals surface area contributed by atoms with Gasteiger partial charge in [-0.3, -0.25) is 0 Å². The predicted molar refractivity (Wildman–Crippen MR) is 73.0 cm³/mol. The van der Waals surface area contributed by atoms with Crippen molar-refractivity contribution in [2.24, 2.45) is 5.92 Å². The first-order valence-corrected chi connectivity index (χ1v) is 7.63. The highest BCUT2D eigenvalue weighted by Crippen LogP contribution is 2.32. The Balaban J connectivity index is 2.42. The molecule has 1 rings (SSSR count). The second-order valence-corrected chi connectivity index (χ2v) is 6.40. The van der Waals surface area contributed by atoms with Crippen molar-refractivity contribution in [3.63, 3.8) is 0 Å². The maximum absolute atomic E-state index is 11.9. The van der Waals surface area contributed by atoms with Crippen LogP contribution in [0.25, 0.3) is 0 Å².